The van der Waals surface area contributed by atoms with Gasteiger partial charge in [-0.2, -0.15) is 4.31 Å². The lowest BCUT2D eigenvalue weighted by Gasteiger charge is -2.37. The van der Waals surface area contributed by atoms with Crippen LogP contribution in [0.1, 0.15) is 19.4 Å². The predicted molar refractivity (Wildman–Crippen MR) is 75.0 cm³/mol. The first-order chi connectivity index (χ1) is 8.84. The van der Waals surface area contributed by atoms with Crippen LogP contribution in [0.3, 0.4) is 0 Å². The molecule has 0 radical (unpaired) electrons. The van der Waals surface area contributed by atoms with E-state index in [2.05, 4.69) is 0 Å². The molecule has 1 aromatic rings. The van der Waals surface area contributed by atoms with E-state index < -0.39 is 10.0 Å². The molecule has 2 rings (SSSR count). The smallest absolute Gasteiger partial charge is 0.243 e. The number of ether oxygens (including phenoxy) is 1. The summed E-state index contributed by atoms with van der Waals surface area (Å²) in [5, 5.41) is 0.467. The van der Waals surface area contributed by atoms with E-state index in [1.54, 1.807) is 12.1 Å². The van der Waals surface area contributed by atoms with Gasteiger partial charge in [0.25, 0.3) is 0 Å². The number of sulfonamides is 1. The summed E-state index contributed by atoms with van der Waals surface area (Å²) >= 11 is 6.02. The normalized spacial score (nSPS) is 25.5. The molecule has 1 aliphatic heterocycles. The molecule has 19 heavy (non-hydrogen) atoms. The Morgan fingerprint density at radius 1 is 1.26 bits per heavy atom. The van der Waals surface area contributed by atoms with Crippen LogP contribution in [0.4, 0.5) is 0 Å². The summed E-state index contributed by atoms with van der Waals surface area (Å²) < 4.78 is 32.2. The summed E-state index contributed by atoms with van der Waals surface area (Å²) in [4.78, 5) is 0.240. The molecule has 0 aliphatic carbocycles. The molecule has 1 aliphatic rings. The number of hydrogen-bond acceptors (Lipinski definition) is 3. The Morgan fingerprint density at radius 2 is 1.84 bits per heavy atom. The van der Waals surface area contributed by atoms with Gasteiger partial charge < -0.3 is 4.74 Å². The zero-order valence-corrected chi connectivity index (χ0v) is 12.8. The lowest BCUT2D eigenvalue weighted by molar-refractivity contribution is 0.00636. The SMILES string of the molecule is Cc1ccc(S(=O)(=O)N2C(C)COCC2C)cc1Cl. The maximum Gasteiger partial charge on any atom is 0.243 e. The molecule has 2 atom stereocenters. The Hall–Kier alpha value is -0.620. The molecule has 2 unspecified atom stereocenters. The average molecular weight is 304 g/mol. The quantitative estimate of drug-likeness (QED) is 0.843. The average Bonchev–Trinajstić information content (AvgIpc) is 2.32. The second-order valence-electron chi connectivity index (χ2n) is 4.98. The maximum atomic E-state index is 12.7. The minimum atomic E-state index is -3.53. The first-order valence-corrected chi connectivity index (χ1v) is 8.03. The van der Waals surface area contributed by atoms with E-state index in [9.17, 15) is 8.42 Å². The summed E-state index contributed by atoms with van der Waals surface area (Å²) in [6.07, 6.45) is 0. The van der Waals surface area contributed by atoms with Crippen LogP contribution < -0.4 is 0 Å². The van der Waals surface area contributed by atoms with Crippen LogP contribution in [0.5, 0.6) is 0 Å². The van der Waals surface area contributed by atoms with Gasteiger partial charge in [0.15, 0.2) is 0 Å². The number of aryl methyl sites for hydroxylation is 1. The van der Waals surface area contributed by atoms with E-state index >= 15 is 0 Å². The van der Waals surface area contributed by atoms with Gasteiger partial charge in [-0.1, -0.05) is 17.7 Å². The largest absolute Gasteiger partial charge is 0.378 e. The fourth-order valence-electron chi connectivity index (χ4n) is 2.32. The van der Waals surface area contributed by atoms with Crippen LogP contribution in [-0.2, 0) is 14.8 Å². The Labute approximate surface area is 119 Å². The van der Waals surface area contributed by atoms with E-state index in [0.717, 1.165) is 5.56 Å². The van der Waals surface area contributed by atoms with Gasteiger partial charge in [0, 0.05) is 17.1 Å². The predicted octanol–water partition coefficient (Wildman–Crippen LogP) is 2.45. The molecule has 0 N–H and O–H groups in total. The van der Waals surface area contributed by atoms with Crippen LogP contribution in [0.2, 0.25) is 5.02 Å². The van der Waals surface area contributed by atoms with Crippen molar-refractivity contribution in [1.29, 1.82) is 0 Å². The highest BCUT2D eigenvalue weighted by atomic mass is 35.5. The third kappa shape index (κ3) is 2.79. The van der Waals surface area contributed by atoms with Gasteiger partial charge >= 0.3 is 0 Å². The number of hydrogen-bond donors (Lipinski definition) is 0. The van der Waals surface area contributed by atoms with Crippen molar-refractivity contribution >= 4 is 21.6 Å². The van der Waals surface area contributed by atoms with Crippen LogP contribution in [0.15, 0.2) is 23.1 Å². The van der Waals surface area contributed by atoms with Gasteiger partial charge in [-0.05, 0) is 38.5 Å². The van der Waals surface area contributed by atoms with E-state index in [4.69, 9.17) is 16.3 Å². The highest BCUT2D eigenvalue weighted by Gasteiger charge is 2.36. The molecular formula is C13H18ClNO3S. The van der Waals surface area contributed by atoms with E-state index in [1.165, 1.54) is 10.4 Å². The number of morpholine rings is 1. The first kappa shape index (κ1) is 14.8. The van der Waals surface area contributed by atoms with Crippen molar-refractivity contribution in [1.82, 2.24) is 4.31 Å². The number of nitrogens with zero attached hydrogens (tertiary/aromatic N) is 1. The molecule has 0 spiro atoms. The molecule has 0 saturated carbocycles. The van der Waals surface area contributed by atoms with Crippen molar-refractivity contribution in [2.75, 3.05) is 13.2 Å². The Morgan fingerprint density at radius 3 is 2.37 bits per heavy atom. The van der Waals surface area contributed by atoms with Crippen molar-refractivity contribution in [2.45, 2.75) is 37.8 Å². The lowest BCUT2D eigenvalue weighted by Crippen LogP contribution is -2.52. The molecule has 1 heterocycles. The maximum absolute atomic E-state index is 12.7. The Bertz CT molecular complexity index is 563. The summed E-state index contributed by atoms with van der Waals surface area (Å²) in [6, 6.07) is 4.50. The second kappa shape index (κ2) is 5.40. The third-order valence-corrected chi connectivity index (χ3v) is 5.84. The minimum absolute atomic E-state index is 0.172. The third-order valence-electron chi connectivity index (χ3n) is 3.31. The van der Waals surface area contributed by atoms with E-state index in [1.807, 2.05) is 20.8 Å². The zero-order chi connectivity index (χ0) is 14.2. The molecule has 0 amide bonds. The summed E-state index contributed by atoms with van der Waals surface area (Å²) in [6.45, 7) is 6.39. The van der Waals surface area contributed by atoms with Gasteiger partial charge in [0.05, 0.1) is 18.1 Å². The van der Waals surface area contributed by atoms with E-state index in [-0.39, 0.29) is 17.0 Å². The molecule has 106 valence electrons. The zero-order valence-electron chi connectivity index (χ0n) is 11.3. The fraction of sp³-hybridized carbons (Fsp3) is 0.538. The Kier molecular flexibility index (Phi) is 4.20. The highest BCUT2D eigenvalue weighted by molar-refractivity contribution is 7.89. The lowest BCUT2D eigenvalue weighted by atomic mass is 10.2. The molecular weight excluding hydrogens is 286 g/mol. The molecule has 1 aromatic carbocycles. The van der Waals surface area contributed by atoms with Crippen molar-refractivity contribution in [3.63, 3.8) is 0 Å². The number of rotatable bonds is 2. The summed E-state index contributed by atoms with van der Waals surface area (Å²) in [5.41, 5.74) is 0.865. The van der Waals surface area contributed by atoms with Gasteiger partial charge in [-0.15, -0.1) is 0 Å². The van der Waals surface area contributed by atoms with Crippen molar-refractivity contribution in [3.8, 4) is 0 Å². The summed E-state index contributed by atoms with van der Waals surface area (Å²) in [7, 11) is -3.53. The minimum Gasteiger partial charge on any atom is -0.378 e. The highest BCUT2D eigenvalue weighted by Crippen LogP contribution is 2.27. The van der Waals surface area contributed by atoms with Gasteiger partial charge in [0.2, 0.25) is 10.0 Å². The van der Waals surface area contributed by atoms with Crippen LogP contribution in [0.25, 0.3) is 0 Å². The second-order valence-corrected chi connectivity index (χ2v) is 7.23. The number of halogens is 1. The topological polar surface area (TPSA) is 46.6 Å². The fourth-order valence-corrected chi connectivity index (χ4v) is 4.38. The number of benzene rings is 1. The molecule has 6 heteroatoms. The van der Waals surface area contributed by atoms with Crippen molar-refractivity contribution < 1.29 is 13.2 Å². The van der Waals surface area contributed by atoms with Crippen LogP contribution in [-0.4, -0.2) is 38.0 Å². The van der Waals surface area contributed by atoms with E-state index in [0.29, 0.717) is 18.2 Å². The standard InChI is InChI=1S/C13H18ClNO3S/c1-9-4-5-12(6-13(9)14)19(16,17)15-10(2)7-18-8-11(15)3/h4-6,10-11H,7-8H2,1-3H3. The van der Waals surface area contributed by atoms with Gasteiger partial charge in [-0.25, -0.2) is 8.42 Å². The molecule has 1 saturated heterocycles. The molecule has 0 aromatic heterocycles. The van der Waals surface area contributed by atoms with Crippen molar-refractivity contribution in [2.24, 2.45) is 0 Å². The van der Waals surface area contributed by atoms with Gasteiger partial charge in [0.1, 0.15) is 0 Å². The first-order valence-electron chi connectivity index (χ1n) is 6.21. The van der Waals surface area contributed by atoms with Crippen molar-refractivity contribution in [3.05, 3.63) is 28.8 Å². The molecule has 1 fully saturated rings. The van der Waals surface area contributed by atoms with Crippen LogP contribution in [0, 0.1) is 6.92 Å². The Balaban J connectivity index is 2.43. The molecule has 0 bridgehead atoms. The van der Waals surface area contributed by atoms with Crippen LogP contribution >= 0.6 is 11.6 Å². The summed E-state index contributed by atoms with van der Waals surface area (Å²) in [5.74, 6) is 0. The molecule has 4 nitrogen and oxygen atoms in total. The van der Waals surface area contributed by atoms with Gasteiger partial charge in [-0.3, -0.25) is 0 Å². The monoisotopic (exact) mass is 303 g/mol.